The van der Waals surface area contributed by atoms with Gasteiger partial charge in [-0.2, -0.15) is 26.3 Å². The van der Waals surface area contributed by atoms with E-state index in [1.165, 1.54) is 5.32 Å². The molecular formula is C13H15F6N3O3. The number of hydrogen-bond acceptors (Lipinski definition) is 3. The lowest BCUT2D eigenvalue weighted by molar-refractivity contribution is -0.176. The van der Waals surface area contributed by atoms with Crippen molar-refractivity contribution in [3.8, 4) is 0 Å². The number of primary amides is 1. The van der Waals surface area contributed by atoms with Crippen molar-refractivity contribution < 1.29 is 40.7 Å². The second kappa shape index (κ2) is 6.37. The third-order valence-corrected chi connectivity index (χ3v) is 4.30. The number of fused-ring (bicyclic) bond motifs is 1. The Labute approximate surface area is 137 Å². The van der Waals surface area contributed by atoms with E-state index in [0.717, 1.165) is 4.90 Å². The van der Waals surface area contributed by atoms with Crippen LogP contribution in [-0.4, -0.2) is 53.6 Å². The number of carbonyl (C=O) groups is 3. The molecule has 2 aliphatic rings. The fourth-order valence-electron chi connectivity index (χ4n) is 3.06. The number of alkyl halides is 6. The van der Waals surface area contributed by atoms with Gasteiger partial charge in [0.2, 0.25) is 11.8 Å². The van der Waals surface area contributed by atoms with E-state index in [1.54, 1.807) is 0 Å². The molecule has 12 heteroatoms. The van der Waals surface area contributed by atoms with Gasteiger partial charge in [-0.1, -0.05) is 0 Å². The number of nitrogens with one attached hydrogen (secondary N) is 1. The summed E-state index contributed by atoms with van der Waals surface area (Å²) in [4.78, 5) is 35.7. The highest BCUT2D eigenvalue weighted by molar-refractivity contribution is 5.93. The van der Waals surface area contributed by atoms with E-state index < -0.39 is 55.0 Å². The van der Waals surface area contributed by atoms with Gasteiger partial charge < -0.3 is 16.0 Å². The van der Waals surface area contributed by atoms with Gasteiger partial charge in [0.1, 0.15) is 12.1 Å². The van der Waals surface area contributed by atoms with E-state index in [4.69, 9.17) is 5.73 Å². The molecule has 6 nitrogen and oxygen atoms in total. The zero-order valence-electron chi connectivity index (χ0n) is 12.7. The molecule has 2 fully saturated rings. The molecule has 25 heavy (non-hydrogen) atoms. The molecule has 142 valence electrons. The van der Waals surface area contributed by atoms with Crippen LogP contribution < -0.4 is 11.1 Å². The summed E-state index contributed by atoms with van der Waals surface area (Å²) in [5.41, 5.74) is 5.18. The highest BCUT2D eigenvalue weighted by Gasteiger charge is 2.57. The van der Waals surface area contributed by atoms with Crippen LogP contribution in [0.15, 0.2) is 0 Å². The fourth-order valence-corrected chi connectivity index (χ4v) is 3.06. The molecule has 2 rings (SSSR count). The van der Waals surface area contributed by atoms with Crippen LogP contribution in [0.1, 0.15) is 19.3 Å². The van der Waals surface area contributed by atoms with E-state index in [1.807, 2.05) is 0 Å². The van der Waals surface area contributed by atoms with Crippen molar-refractivity contribution >= 4 is 17.7 Å². The first-order valence-electron chi connectivity index (χ1n) is 7.35. The fraction of sp³-hybridized carbons (Fsp3) is 0.769. The summed E-state index contributed by atoms with van der Waals surface area (Å²) in [6.45, 7) is 0.0154. The Morgan fingerprint density at radius 2 is 1.76 bits per heavy atom. The maximum Gasteiger partial charge on any atom is 0.471 e. The highest BCUT2D eigenvalue weighted by atomic mass is 19.4. The topological polar surface area (TPSA) is 92.5 Å². The zero-order chi connectivity index (χ0) is 19.2. The Balaban J connectivity index is 2.14. The molecule has 0 radical (unpaired) electrons. The molecule has 4 unspecified atom stereocenters. The van der Waals surface area contributed by atoms with Crippen molar-refractivity contribution in [2.24, 2.45) is 17.6 Å². The molecule has 0 aromatic rings. The Hall–Kier alpha value is -2.01. The quantitative estimate of drug-likeness (QED) is 0.694. The summed E-state index contributed by atoms with van der Waals surface area (Å²) < 4.78 is 74.2. The Morgan fingerprint density at radius 3 is 2.24 bits per heavy atom. The van der Waals surface area contributed by atoms with E-state index in [9.17, 15) is 40.7 Å². The van der Waals surface area contributed by atoms with Gasteiger partial charge in [0.25, 0.3) is 0 Å². The first-order chi connectivity index (χ1) is 11.3. The van der Waals surface area contributed by atoms with Gasteiger partial charge in [0.05, 0.1) is 0 Å². The van der Waals surface area contributed by atoms with Gasteiger partial charge in [-0.25, -0.2) is 0 Å². The van der Waals surface area contributed by atoms with E-state index in [-0.39, 0.29) is 18.4 Å². The van der Waals surface area contributed by atoms with Gasteiger partial charge >= 0.3 is 18.3 Å². The summed E-state index contributed by atoms with van der Waals surface area (Å²) in [6.07, 6.45) is -12.1. The minimum Gasteiger partial charge on any atom is -0.368 e. The van der Waals surface area contributed by atoms with Crippen molar-refractivity contribution in [2.45, 2.75) is 43.7 Å². The number of piperidine rings is 1. The highest BCUT2D eigenvalue weighted by Crippen LogP contribution is 2.49. The van der Waals surface area contributed by atoms with Gasteiger partial charge in [0, 0.05) is 13.0 Å². The van der Waals surface area contributed by atoms with Crippen LogP contribution in [0, 0.1) is 11.8 Å². The van der Waals surface area contributed by atoms with Crippen LogP contribution in [0.5, 0.6) is 0 Å². The normalized spacial score (nSPS) is 26.8. The van der Waals surface area contributed by atoms with Crippen LogP contribution in [-0.2, 0) is 14.4 Å². The van der Waals surface area contributed by atoms with Gasteiger partial charge in [-0.3, -0.25) is 14.4 Å². The molecule has 0 spiro atoms. The lowest BCUT2D eigenvalue weighted by atomic mass is 10.1. The zero-order valence-corrected chi connectivity index (χ0v) is 12.7. The minimum absolute atomic E-state index is 0.0154. The average Bonchev–Trinajstić information content (AvgIpc) is 3.09. The van der Waals surface area contributed by atoms with Crippen molar-refractivity contribution in [1.82, 2.24) is 10.2 Å². The number of rotatable bonds is 5. The number of likely N-dealkylation sites (tertiary alicyclic amines) is 1. The minimum atomic E-state index is -5.35. The van der Waals surface area contributed by atoms with E-state index in [0.29, 0.717) is 6.42 Å². The second-order valence-corrected chi connectivity index (χ2v) is 6.18. The summed E-state index contributed by atoms with van der Waals surface area (Å²) in [7, 11) is 0. The molecule has 0 aromatic heterocycles. The van der Waals surface area contributed by atoms with Gasteiger partial charge in [0.15, 0.2) is 0 Å². The predicted molar refractivity (Wildman–Crippen MR) is 69.6 cm³/mol. The number of hydrogen-bond donors (Lipinski definition) is 2. The molecule has 1 heterocycles. The molecule has 1 aliphatic heterocycles. The number of carbonyl (C=O) groups excluding carboxylic acids is 3. The summed E-state index contributed by atoms with van der Waals surface area (Å²) in [5, 5.41) is 1.29. The summed E-state index contributed by atoms with van der Waals surface area (Å²) in [6, 6.07) is -3.12. The molecular weight excluding hydrogens is 360 g/mol. The molecule has 0 aromatic carbocycles. The molecule has 1 saturated carbocycles. The maximum atomic E-state index is 12.4. The van der Waals surface area contributed by atoms with Crippen LogP contribution in [0.2, 0.25) is 0 Å². The standard InChI is InChI=1S/C13H15F6N3O3/c14-12(15,16)2-1-7(21-11(25)13(17,18)19)10(24)22-4-5-3-6(5)8(22)9(20)23/h5-8H,1-4H2,(H2,20,23)(H,21,25). The van der Waals surface area contributed by atoms with Crippen molar-refractivity contribution in [2.75, 3.05) is 6.54 Å². The van der Waals surface area contributed by atoms with Crippen molar-refractivity contribution in [1.29, 1.82) is 0 Å². The summed E-state index contributed by atoms with van der Waals surface area (Å²) >= 11 is 0. The third kappa shape index (κ3) is 4.54. The van der Waals surface area contributed by atoms with E-state index >= 15 is 0 Å². The summed E-state index contributed by atoms with van der Waals surface area (Å²) in [5.74, 6) is -4.85. The second-order valence-electron chi connectivity index (χ2n) is 6.18. The molecule has 1 aliphatic carbocycles. The number of nitrogens with two attached hydrogens (primary N) is 1. The smallest absolute Gasteiger partial charge is 0.368 e. The molecule has 4 atom stereocenters. The van der Waals surface area contributed by atoms with Crippen molar-refractivity contribution in [3.63, 3.8) is 0 Å². The average molecular weight is 375 g/mol. The Morgan fingerprint density at radius 1 is 1.16 bits per heavy atom. The third-order valence-electron chi connectivity index (χ3n) is 4.30. The first-order valence-corrected chi connectivity index (χ1v) is 7.35. The van der Waals surface area contributed by atoms with Crippen LogP contribution in [0.3, 0.4) is 0 Å². The largest absolute Gasteiger partial charge is 0.471 e. The number of amides is 3. The van der Waals surface area contributed by atoms with Gasteiger partial charge in [-0.05, 0) is 24.7 Å². The lowest BCUT2D eigenvalue weighted by Crippen LogP contribution is -2.56. The van der Waals surface area contributed by atoms with E-state index in [2.05, 4.69) is 0 Å². The van der Waals surface area contributed by atoms with Crippen molar-refractivity contribution in [3.05, 3.63) is 0 Å². The van der Waals surface area contributed by atoms with Crippen LogP contribution in [0.25, 0.3) is 0 Å². The van der Waals surface area contributed by atoms with Gasteiger partial charge in [-0.15, -0.1) is 0 Å². The number of halogens is 6. The van der Waals surface area contributed by atoms with Crippen LogP contribution >= 0.6 is 0 Å². The number of nitrogens with zero attached hydrogens (tertiary/aromatic N) is 1. The molecule has 3 N–H and O–H groups in total. The Kier molecular flexibility index (Phi) is 4.92. The van der Waals surface area contributed by atoms with Crippen LogP contribution in [0.4, 0.5) is 26.3 Å². The SMILES string of the molecule is NC(=O)C1C2CC2CN1C(=O)C(CCC(F)(F)F)NC(=O)C(F)(F)F. The predicted octanol–water partition coefficient (Wildman–Crippen LogP) is 0.708. The first kappa shape index (κ1) is 19.3. The Bertz CT molecular complexity index is 576. The molecule has 1 saturated heterocycles. The monoisotopic (exact) mass is 375 g/mol. The maximum absolute atomic E-state index is 12.4. The molecule has 0 bridgehead atoms. The molecule has 3 amide bonds. The lowest BCUT2D eigenvalue weighted by Gasteiger charge is -2.30.